The maximum absolute atomic E-state index is 13.1. The van der Waals surface area contributed by atoms with Gasteiger partial charge in [0.1, 0.15) is 17.7 Å². The highest BCUT2D eigenvalue weighted by Gasteiger charge is 2.23. The molecule has 4 aromatic rings. The van der Waals surface area contributed by atoms with E-state index in [1.54, 1.807) is 19.1 Å². The van der Waals surface area contributed by atoms with E-state index in [2.05, 4.69) is 26.8 Å². The van der Waals surface area contributed by atoms with Crippen LogP contribution < -0.4 is 21.3 Å². The summed E-state index contributed by atoms with van der Waals surface area (Å²) in [6, 6.07) is 15.2. The summed E-state index contributed by atoms with van der Waals surface area (Å²) < 4.78 is 15.1. The molecule has 2 amide bonds. The van der Waals surface area contributed by atoms with Crippen LogP contribution in [0.2, 0.25) is 0 Å². The van der Waals surface area contributed by atoms with E-state index in [1.807, 2.05) is 28.8 Å². The van der Waals surface area contributed by atoms with Gasteiger partial charge in [0.15, 0.2) is 5.82 Å². The van der Waals surface area contributed by atoms with E-state index in [-0.39, 0.29) is 11.7 Å². The number of nitrogens with two attached hydrogens (primary N) is 1. The number of rotatable bonds is 8. The van der Waals surface area contributed by atoms with Gasteiger partial charge in [-0.1, -0.05) is 18.2 Å². The van der Waals surface area contributed by atoms with E-state index in [4.69, 9.17) is 5.73 Å². The Morgan fingerprint density at radius 1 is 1.15 bits per heavy atom. The lowest BCUT2D eigenvalue weighted by atomic mass is 9.94. The van der Waals surface area contributed by atoms with Gasteiger partial charge < -0.3 is 16.4 Å². The zero-order valence-electron chi connectivity index (χ0n) is 22.0. The van der Waals surface area contributed by atoms with Crippen molar-refractivity contribution in [1.82, 2.24) is 19.9 Å². The Balaban J connectivity index is 1.30. The number of anilines is 3. The minimum Gasteiger partial charge on any atom is -0.382 e. The van der Waals surface area contributed by atoms with Crippen molar-refractivity contribution < 1.29 is 14.0 Å². The van der Waals surface area contributed by atoms with Gasteiger partial charge in [0.25, 0.3) is 5.91 Å². The summed E-state index contributed by atoms with van der Waals surface area (Å²) in [6.45, 7) is 3.61. The number of carbonyl (C=O) groups excluding carboxylic acids is 2. The lowest BCUT2D eigenvalue weighted by Crippen LogP contribution is -2.27. The summed E-state index contributed by atoms with van der Waals surface area (Å²) in [5.74, 6) is 0.135. The average Bonchev–Trinajstić information content (AvgIpc) is 3.38. The minimum absolute atomic E-state index is 0.281. The molecule has 10 heteroatoms. The largest absolute Gasteiger partial charge is 0.382 e. The standard InChI is InChI=1S/C30H30FN7O2/c1-20(3-2-16-37(19-39)25-10-6-23(31)7-11-25)30(40)36-24-8-4-21(5-9-24)26-17-27(22-12-14-33-15-13-22)38-28(26)29(32)34-18-35-38/h2-11,16-19,22,33H,12-15H2,1H3,(H,36,40)(H2,32,34,35)/b16-2-,20-3+. The number of piperidine rings is 1. The molecule has 0 saturated carbocycles. The van der Waals surface area contributed by atoms with Crippen molar-refractivity contribution in [1.29, 1.82) is 0 Å². The lowest BCUT2D eigenvalue weighted by Gasteiger charge is -2.22. The molecule has 0 atom stereocenters. The van der Waals surface area contributed by atoms with Crippen LogP contribution in [0.1, 0.15) is 31.4 Å². The van der Waals surface area contributed by atoms with Crippen LogP contribution in [0.5, 0.6) is 0 Å². The molecular weight excluding hydrogens is 509 g/mol. The van der Waals surface area contributed by atoms with Crippen molar-refractivity contribution in [3.8, 4) is 11.1 Å². The third-order valence-electron chi connectivity index (χ3n) is 7.01. The minimum atomic E-state index is -0.388. The van der Waals surface area contributed by atoms with Crippen LogP contribution in [0, 0.1) is 5.82 Å². The number of fused-ring (bicyclic) bond motifs is 1. The molecule has 9 nitrogen and oxygen atoms in total. The van der Waals surface area contributed by atoms with Crippen molar-refractivity contribution in [2.75, 3.05) is 29.0 Å². The summed E-state index contributed by atoms with van der Waals surface area (Å²) in [5, 5.41) is 10.8. The summed E-state index contributed by atoms with van der Waals surface area (Å²) >= 11 is 0. The van der Waals surface area contributed by atoms with Gasteiger partial charge in [0, 0.05) is 40.3 Å². The molecule has 2 aromatic carbocycles. The molecule has 2 aromatic heterocycles. The van der Waals surface area contributed by atoms with Crippen LogP contribution in [-0.4, -0.2) is 40.0 Å². The number of amides is 2. The molecule has 1 fully saturated rings. The quantitative estimate of drug-likeness (QED) is 0.171. The zero-order valence-corrected chi connectivity index (χ0v) is 22.0. The van der Waals surface area contributed by atoms with E-state index >= 15 is 0 Å². The number of aromatic nitrogens is 3. The summed E-state index contributed by atoms with van der Waals surface area (Å²) in [6.07, 6.45) is 8.84. The van der Waals surface area contributed by atoms with Crippen LogP contribution in [0.4, 0.5) is 21.6 Å². The second-order valence-corrected chi connectivity index (χ2v) is 9.62. The molecule has 0 spiro atoms. The summed E-state index contributed by atoms with van der Waals surface area (Å²) in [4.78, 5) is 29.7. The molecule has 40 heavy (non-hydrogen) atoms. The van der Waals surface area contributed by atoms with Crippen LogP contribution in [-0.2, 0) is 9.59 Å². The number of nitrogens with zero attached hydrogens (tertiary/aromatic N) is 4. The Labute approximate surface area is 231 Å². The molecule has 1 aliphatic heterocycles. The zero-order chi connectivity index (χ0) is 28.1. The van der Waals surface area contributed by atoms with E-state index in [1.165, 1.54) is 41.7 Å². The van der Waals surface area contributed by atoms with Crippen molar-refractivity contribution >= 4 is 35.0 Å². The van der Waals surface area contributed by atoms with Gasteiger partial charge in [-0.25, -0.2) is 13.9 Å². The first-order valence-corrected chi connectivity index (χ1v) is 13.0. The maximum Gasteiger partial charge on any atom is 0.251 e. The predicted octanol–water partition coefficient (Wildman–Crippen LogP) is 4.65. The molecule has 0 bridgehead atoms. The number of hydrogen-bond donors (Lipinski definition) is 3. The first-order valence-electron chi connectivity index (χ1n) is 13.0. The van der Waals surface area contributed by atoms with Crippen molar-refractivity contribution in [3.63, 3.8) is 0 Å². The Bertz CT molecular complexity index is 1570. The SMILES string of the molecule is C/C(=C\C=C/N(C=O)c1ccc(F)cc1)C(=O)Nc1ccc(-c2cc(C3CCNCC3)n3ncnc(N)c23)cc1. The van der Waals surface area contributed by atoms with Gasteiger partial charge in [-0.2, -0.15) is 5.10 Å². The van der Waals surface area contributed by atoms with Gasteiger partial charge >= 0.3 is 0 Å². The Morgan fingerprint density at radius 3 is 2.58 bits per heavy atom. The predicted molar refractivity (Wildman–Crippen MR) is 154 cm³/mol. The first-order chi connectivity index (χ1) is 19.4. The smallest absolute Gasteiger partial charge is 0.251 e. The van der Waals surface area contributed by atoms with E-state index in [0.717, 1.165) is 48.3 Å². The van der Waals surface area contributed by atoms with Crippen molar-refractivity contribution in [2.24, 2.45) is 0 Å². The maximum atomic E-state index is 13.1. The molecule has 204 valence electrons. The Morgan fingerprint density at radius 2 is 1.88 bits per heavy atom. The Kier molecular flexibility index (Phi) is 7.97. The van der Waals surface area contributed by atoms with E-state index in [9.17, 15) is 14.0 Å². The van der Waals surface area contributed by atoms with Crippen molar-refractivity contribution in [3.05, 3.63) is 96.4 Å². The molecule has 1 saturated heterocycles. The van der Waals surface area contributed by atoms with Crippen LogP contribution in [0.15, 0.2) is 84.8 Å². The highest BCUT2D eigenvalue weighted by Crippen LogP contribution is 2.36. The Hall–Kier alpha value is -4.83. The molecule has 0 aliphatic carbocycles. The molecule has 4 N–H and O–H groups in total. The number of benzene rings is 2. The number of halogens is 1. The second-order valence-electron chi connectivity index (χ2n) is 9.62. The first kappa shape index (κ1) is 26.8. The van der Waals surface area contributed by atoms with Gasteiger partial charge in [-0.05, 0) is 87.0 Å². The van der Waals surface area contributed by atoms with E-state index < -0.39 is 0 Å². The molecule has 5 rings (SSSR count). The number of nitrogen functional groups attached to an aromatic ring is 1. The monoisotopic (exact) mass is 539 g/mol. The molecule has 3 heterocycles. The molecule has 1 aliphatic rings. The van der Waals surface area contributed by atoms with Crippen LogP contribution >= 0.6 is 0 Å². The fourth-order valence-electron chi connectivity index (χ4n) is 4.83. The highest BCUT2D eigenvalue weighted by molar-refractivity contribution is 6.03. The van der Waals surface area contributed by atoms with E-state index in [0.29, 0.717) is 35.1 Å². The number of hydrogen-bond acceptors (Lipinski definition) is 6. The second kappa shape index (κ2) is 11.9. The number of carbonyl (C=O) groups is 2. The van der Waals surface area contributed by atoms with Crippen molar-refractivity contribution in [2.45, 2.75) is 25.7 Å². The van der Waals surface area contributed by atoms with Crippen LogP contribution in [0.25, 0.3) is 16.6 Å². The number of nitrogens with one attached hydrogen (secondary N) is 2. The fraction of sp³-hybridized carbons (Fsp3) is 0.200. The third-order valence-corrected chi connectivity index (χ3v) is 7.01. The van der Waals surface area contributed by atoms with Gasteiger partial charge in [0.05, 0.1) is 0 Å². The highest BCUT2D eigenvalue weighted by atomic mass is 19.1. The average molecular weight is 540 g/mol. The molecule has 0 unspecified atom stereocenters. The topological polar surface area (TPSA) is 118 Å². The van der Waals surface area contributed by atoms with Gasteiger partial charge in [-0.3, -0.25) is 14.5 Å². The van der Waals surface area contributed by atoms with Crippen LogP contribution in [0.3, 0.4) is 0 Å². The third kappa shape index (κ3) is 5.76. The summed E-state index contributed by atoms with van der Waals surface area (Å²) in [7, 11) is 0. The summed E-state index contributed by atoms with van der Waals surface area (Å²) in [5.41, 5.74) is 11.7. The van der Waals surface area contributed by atoms with Gasteiger partial charge in [0.2, 0.25) is 6.41 Å². The molecule has 0 radical (unpaired) electrons. The number of allylic oxidation sites excluding steroid dienone is 2. The normalized spacial score (nSPS) is 14.5. The molecular formula is C30H30FN7O2. The fourth-order valence-corrected chi connectivity index (χ4v) is 4.83. The van der Waals surface area contributed by atoms with Gasteiger partial charge in [-0.15, -0.1) is 0 Å². The lowest BCUT2D eigenvalue weighted by molar-refractivity contribution is -0.112.